The number of anilines is 1. The molecule has 3 aromatic heterocycles. The normalized spacial score (nSPS) is 19.0. The Kier molecular flexibility index (Phi) is 6.00. The summed E-state index contributed by atoms with van der Waals surface area (Å²) in [7, 11) is 1.87. The van der Waals surface area contributed by atoms with Crippen molar-refractivity contribution in [3.8, 4) is 11.3 Å². The highest BCUT2D eigenvalue weighted by atomic mass is 16.2. The van der Waals surface area contributed by atoms with Crippen LogP contribution < -0.4 is 10.6 Å². The van der Waals surface area contributed by atoms with Crippen molar-refractivity contribution in [1.29, 1.82) is 0 Å². The molecule has 0 unspecified atom stereocenters. The molecule has 5 heterocycles. The first-order valence-electron chi connectivity index (χ1n) is 12.8. The van der Waals surface area contributed by atoms with E-state index in [0.717, 1.165) is 53.7 Å². The van der Waals surface area contributed by atoms with E-state index in [0.29, 0.717) is 29.0 Å². The number of nitrogens with zero attached hydrogens (tertiary/aromatic N) is 4. The van der Waals surface area contributed by atoms with E-state index >= 15 is 0 Å². The topological polar surface area (TPSA) is 108 Å². The zero-order valence-corrected chi connectivity index (χ0v) is 21.1. The monoisotopic (exact) mass is 497 g/mol. The number of piperidine rings is 2. The second-order valence-electron chi connectivity index (χ2n) is 10.5. The van der Waals surface area contributed by atoms with Crippen LogP contribution in [0.15, 0.2) is 48.9 Å². The first-order chi connectivity index (χ1) is 17.9. The first kappa shape index (κ1) is 23.4. The largest absolute Gasteiger partial charge is 0.351 e. The number of amides is 2. The van der Waals surface area contributed by atoms with Crippen LogP contribution in [0.3, 0.4) is 0 Å². The summed E-state index contributed by atoms with van der Waals surface area (Å²) >= 11 is 0. The molecule has 2 bridgehead atoms. The Hall–Kier alpha value is -3.98. The average molecular weight is 498 g/mol. The van der Waals surface area contributed by atoms with Gasteiger partial charge in [0.15, 0.2) is 0 Å². The quantitative estimate of drug-likeness (QED) is 0.362. The Balaban J connectivity index is 1.11. The summed E-state index contributed by atoms with van der Waals surface area (Å²) in [6.45, 7) is 5.72. The lowest BCUT2D eigenvalue weighted by Gasteiger charge is -2.47. The molecule has 0 spiro atoms. The van der Waals surface area contributed by atoms with E-state index in [2.05, 4.69) is 30.6 Å². The second-order valence-corrected chi connectivity index (χ2v) is 10.5. The number of hydrogen-bond acceptors (Lipinski definition) is 5. The number of fused-ring (bicyclic) bond motifs is 3. The molecule has 1 aromatic carbocycles. The van der Waals surface area contributed by atoms with E-state index in [1.54, 1.807) is 29.2 Å². The van der Waals surface area contributed by atoms with Crippen LogP contribution in [0, 0.1) is 18.8 Å². The fraction of sp³-hybridized carbons (Fsp3) is 0.357. The number of carbonyl (C=O) groups is 2. The summed E-state index contributed by atoms with van der Waals surface area (Å²) in [5.74, 6) is 1.31. The van der Waals surface area contributed by atoms with Gasteiger partial charge in [-0.3, -0.25) is 14.3 Å². The number of aromatic amines is 1. The van der Waals surface area contributed by atoms with Crippen LogP contribution in [-0.4, -0.2) is 62.6 Å². The van der Waals surface area contributed by atoms with Crippen LogP contribution in [0.1, 0.15) is 39.1 Å². The lowest BCUT2D eigenvalue weighted by molar-refractivity contribution is 0.0284. The number of rotatable bonds is 7. The Morgan fingerprint density at radius 1 is 1.05 bits per heavy atom. The average Bonchev–Trinajstić information content (AvgIpc) is 3.50. The van der Waals surface area contributed by atoms with E-state index in [-0.39, 0.29) is 11.8 Å². The van der Waals surface area contributed by atoms with Crippen LogP contribution in [0.25, 0.3) is 22.3 Å². The van der Waals surface area contributed by atoms with Crippen molar-refractivity contribution in [3.63, 3.8) is 0 Å². The van der Waals surface area contributed by atoms with Crippen LogP contribution in [0.5, 0.6) is 0 Å². The summed E-state index contributed by atoms with van der Waals surface area (Å²) in [6, 6.07) is 9.16. The maximum atomic E-state index is 13.1. The minimum atomic E-state index is -0.275. The summed E-state index contributed by atoms with van der Waals surface area (Å²) in [5, 5.41) is 11.0. The fourth-order valence-electron chi connectivity index (χ4n) is 5.54. The zero-order chi connectivity index (χ0) is 25.5. The van der Waals surface area contributed by atoms with Crippen molar-refractivity contribution in [2.24, 2.45) is 18.9 Å². The maximum Gasteiger partial charge on any atom is 0.257 e. The van der Waals surface area contributed by atoms with E-state index in [9.17, 15) is 9.59 Å². The molecule has 4 aromatic rings. The predicted octanol–water partition coefficient (Wildman–Crippen LogP) is 3.60. The third kappa shape index (κ3) is 4.86. The van der Waals surface area contributed by atoms with E-state index in [1.807, 2.05) is 38.4 Å². The number of carbonyl (C=O) groups excluding carboxylic acids is 2. The second kappa shape index (κ2) is 9.48. The van der Waals surface area contributed by atoms with Crippen molar-refractivity contribution in [1.82, 2.24) is 30.0 Å². The number of nitrogens with one attached hydrogen (secondary N) is 3. The van der Waals surface area contributed by atoms with Crippen LogP contribution in [0.2, 0.25) is 0 Å². The fourth-order valence-corrected chi connectivity index (χ4v) is 5.54. The summed E-state index contributed by atoms with van der Waals surface area (Å²) in [5.41, 5.74) is 5.00. The van der Waals surface area contributed by atoms with Crippen LogP contribution >= 0.6 is 0 Å². The molecule has 3 N–H and O–H groups in total. The Bertz CT molecular complexity index is 1470. The number of hydrogen-bond donors (Lipinski definition) is 3. The third-order valence-corrected chi connectivity index (χ3v) is 7.58. The Morgan fingerprint density at radius 2 is 1.86 bits per heavy atom. The molecule has 2 aliphatic heterocycles. The minimum absolute atomic E-state index is 0.129. The van der Waals surface area contributed by atoms with Gasteiger partial charge in [-0.2, -0.15) is 5.10 Å². The Morgan fingerprint density at radius 3 is 2.62 bits per heavy atom. The summed E-state index contributed by atoms with van der Waals surface area (Å²) < 4.78 is 1.74. The highest BCUT2D eigenvalue weighted by Gasteiger charge is 2.36. The number of H-pyrrole nitrogens is 1. The van der Waals surface area contributed by atoms with Gasteiger partial charge in [0.1, 0.15) is 5.65 Å². The number of pyridine rings is 1. The van der Waals surface area contributed by atoms with Gasteiger partial charge in [-0.25, -0.2) is 4.98 Å². The highest BCUT2D eigenvalue weighted by molar-refractivity contribution is 6.07. The molecular formula is C28H31N7O2. The van der Waals surface area contributed by atoms with Gasteiger partial charge >= 0.3 is 0 Å². The molecule has 7 rings (SSSR count). The number of aromatic nitrogens is 4. The Labute approximate surface area is 215 Å². The zero-order valence-electron chi connectivity index (χ0n) is 21.1. The van der Waals surface area contributed by atoms with Gasteiger partial charge in [0.05, 0.1) is 17.5 Å². The van der Waals surface area contributed by atoms with Crippen LogP contribution in [-0.2, 0) is 7.05 Å². The summed E-state index contributed by atoms with van der Waals surface area (Å²) in [4.78, 5) is 36.0. The van der Waals surface area contributed by atoms with Crippen molar-refractivity contribution in [2.75, 3.05) is 31.5 Å². The molecule has 190 valence electrons. The van der Waals surface area contributed by atoms with Crippen molar-refractivity contribution in [3.05, 3.63) is 65.6 Å². The van der Waals surface area contributed by atoms with E-state index < -0.39 is 0 Å². The molecular weight excluding hydrogens is 466 g/mol. The molecule has 0 radical (unpaired) electrons. The van der Waals surface area contributed by atoms with Gasteiger partial charge < -0.3 is 20.5 Å². The lowest BCUT2D eigenvalue weighted by Crippen LogP contribution is -2.50. The minimum Gasteiger partial charge on any atom is -0.351 e. The van der Waals surface area contributed by atoms with Gasteiger partial charge in [-0.15, -0.1) is 0 Å². The van der Waals surface area contributed by atoms with E-state index in [4.69, 9.17) is 0 Å². The lowest BCUT2D eigenvalue weighted by atomic mass is 9.71. The van der Waals surface area contributed by atoms with Gasteiger partial charge in [-0.05, 0) is 61.4 Å². The molecule has 3 fully saturated rings. The number of aryl methyl sites for hydroxylation is 2. The van der Waals surface area contributed by atoms with Gasteiger partial charge in [0.2, 0.25) is 0 Å². The SMILES string of the molecule is Cc1ccc(C(=O)NCCN2CC3CC(C3)C2)cc1NC(=O)c1cnc2[nH]c(-c3cnn(C)c3)cc2c1. The summed E-state index contributed by atoms with van der Waals surface area (Å²) in [6.07, 6.45) is 8.00. The molecule has 1 aliphatic carbocycles. The molecule has 1 saturated carbocycles. The molecule has 9 nitrogen and oxygen atoms in total. The third-order valence-electron chi connectivity index (χ3n) is 7.58. The smallest absolute Gasteiger partial charge is 0.257 e. The van der Waals surface area contributed by atoms with Gasteiger partial charge in [0.25, 0.3) is 11.8 Å². The molecule has 0 atom stereocenters. The standard InChI is InChI=1S/C28H31N7O2/c1-17-3-4-20(27(36)29-5-6-35-14-18-7-19(8-18)15-35)10-24(17)33-28(37)22-9-21-11-25(32-26(21)30-12-22)23-13-31-34(2)16-23/h3-4,9-13,16,18-19H,5-8,14-15H2,1-2H3,(H,29,36)(H,30,32)(H,33,37). The number of benzene rings is 1. The van der Waals surface area contributed by atoms with Crippen LogP contribution in [0.4, 0.5) is 5.69 Å². The first-order valence-corrected chi connectivity index (χ1v) is 12.8. The molecule has 3 aliphatic rings. The van der Waals surface area contributed by atoms with Gasteiger partial charge in [0, 0.05) is 67.8 Å². The van der Waals surface area contributed by atoms with Crippen molar-refractivity contribution >= 4 is 28.5 Å². The maximum absolute atomic E-state index is 13.1. The molecule has 2 saturated heterocycles. The molecule has 9 heteroatoms. The predicted molar refractivity (Wildman–Crippen MR) is 142 cm³/mol. The molecule has 37 heavy (non-hydrogen) atoms. The van der Waals surface area contributed by atoms with Crippen molar-refractivity contribution < 1.29 is 9.59 Å². The highest BCUT2D eigenvalue weighted by Crippen LogP contribution is 2.39. The molecule has 2 amide bonds. The van der Waals surface area contributed by atoms with E-state index in [1.165, 1.54) is 12.8 Å². The van der Waals surface area contributed by atoms with Gasteiger partial charge in [-0.1, -0.05) is 6.07 Å². The van der Waals surface area contributed by atoms with Crippen molar-refractivity contribution in [2.45, 2.75) is 19.8 Å².